The minimum Gasteiger partial charge on any atom is -0.493 e. The van der Waals surface area contributed by atoms with Gasteiger partial charge in [-0.1, -0.05) is 5.16 Å². The normalized spacial score (nSPS) is 15.7. The third kappa shape index (κ3) is 4.40. The number of benzene rings is 1. The topological polar surface area (TPSA) is 112 Å². The van der Waals surface area contributed by atoms with Crippen LogP contribution in [0.4, 0.5) is 10.5 Å². The molecule has 170 valence electrons. The van der Waals surface area contributed by atoms with Crippen molar-refractivity contribution in [3.8, 4) is 22.8 Å². The van der Waals surface area contributed by atoms with Crippen molar-refractivity contribution in [2.45, 2.75) is 32.9 Å². The molecule has 1 N–H and O–H groups in total. The van der Waals surface area contributed by atoms with E-state index in [1.807, 2.05) is 24.3 Å². The van der Waals surface area contributed by atoms with Crippen LogP contribution in [0.2, 0.25) is 0 Å². The Bertz CT molecular complexity index is 1070. The zero-order chi connectivity index (χ0) is 22.7. The van der Waals surface area contributed by atoms with Gasteiger partial charge in [-0.15, -0.1) is 0 Å². The number of aryl methyl sites for hydroxylation is 2. The average molecular weight is 442 g/mol. The number of carbonyl (C=O) groups is 1. The molecule has 1 aromatic carbocycles. The molecule has 0 saturated carbocycles. The Morgan fingerprint density at radius 3 is 2.81 bits per heavy atom. The Morgan fingerprint density at radius 2 is 2.16 bits per heavy atom. The molecule has 1 aliphatic heterocycles. The van der Waals surface area contributed by atoms with Crippen molar-refractivity contribution in [1.82, 2.24) is 14.9 Å². The van der Waals surface area contributed by atoms with Crippen molar-refractivity contribution in [3.63, 3.8) is 0 Å². The summed E-state index contributed by atoms with van der Waals surface area (Å²) in [5, 5.41) is 18.0. The van der Waals surface area contributed by atoms with Gasteiger partial charge in [-0.05, 0) is 38.1 Å². The largest absolute Gasteiger partial charge is 0.493 e. The second kappa shape index (κ2) is 9.31. The molecule has 1 atom stereocenters. The Hall–Kier alpha value is -3.53. The highest BCUT2D eigenvalue weighted by Gasteiger charge is 2.23. The molecule has 2 aromatic heterocycles. The van der Waals surface area contributed by atoms with Crippen LogP contribution in [-0.2, 0) is 11.3 Å². The number of hydrogen-bond donors (Lipinski definition) is 1. The van der Waals surface area contributed by atoms with E-state index in [0.29, 0.717) is 48.4 Å². The van der Waals surface area contributed by atoms with Crippen LogP contribution >= 0.6 is 0 Å². The Morgan fingerprint density at radius 1 is 1.31 bits per heavy atom. The third-order valence-electron chi connectivity index (χ3n) is 5.39. The summed E-state index contributed by atoms with van der Waals surface area (Å²) in [5.74, 6) is 1.73. The molecule has 1 fully saturated rings. The van der Waals surface area contributed by atoms with Gasteiger partial charge in [0.2, 0.25) is 0 Å². The lowest BCUT2D eigenvalue weighted by Crippen LogP contribution is -2.33. The van der Waals surface area contributed by atoms with Gasteiger partial charge in [-0.25, -0.2) is 4.79 Å². The standard InChI is InChI=1S/C22H26N4O6/c1-14-21(15(2)32-24-14)25(22(27)28)9-10-26-18(6-8-23-26)16-4-5-19(29-3)20(12-16)31-17-7-11-30-13-17/h4-6,8,12,17H,7,9-11,13H2,1-3H3,(H,27,28)/t17-/m1/s1. The zero-order valence-corrected chi connectivity index (χ0v) is 18.3. The molecule has 10 heteroatoms. The van der Waals surface area contributed by atoms with Gasteiger partial charge in [-0.3, -0.25) is 9.58 Å². The van der Waals surface area contributed by atoms with Crippen molar-refractivity contribution in [2.75, 3.05) is 31.8 Å². The highest BCUT2D eigenvalue weighted by Crippen LogP contribution is 2.34. The number of anilines is 1. The zero-order valence-electron chi connectivity index (χ0n) is 18.3. The Labute approximate surface area is 185 Å². The molecule has 3 heterocycles. The van der Waals surface area contributed by atoms with Crippen LogP contribution < -0.4 is 14.4 Å². The number of hydrogen-bond acceptors (Lipinski definition) is 7. The van der Waals surface area contributed by atoms with Crippen molar-refractivity contribution >= 4 is 11.8 Å². The molecule has 0 bridgehead atoms. The predicted molar refractivity (Wildman–Crippen MR) is 115 cm³/mol. The summed E-state index contributed by atoms with van der Waals surface area (Å²) in [5.41, 5.74) is 2.71. The van der Waals surface area contributed by atoms with E-state index in [0.717, 1.165) is 17.7 Å². The van der Waals surface area contributed by atoms with E-state index in [1.165, 1.54) is 4.90 Å². The molecule has 1 amide bonds. The molecular weight excluding hydrogens is 416 g/mol. The van der Waals surface area contributed by atoms with Crippen LogP contribution in [0, 0.1) is 13.8 Å². The monoisotopic (exact) mass is 442 g/mol. The maximum absolute atomic E-state index is 11.9. The van der Waals surface area contributed by atoms with E-state index < -0.39 is 6.09 Å². The number of carboxylic acid groups (broad SMARTS) is 1. The summed E-state index contributed by atoms with van der Waals surface area (Å²) in [7, 11) is 1.60. The summed E-state index contributed by atoms with van der Waals surface area (Å²) >= 11 is 0. The summed E-state index contributed by atoms with van der Waals surface area (Å²) in [4.78, 5) is 13.1. The maximum atomic E-state index is 11.9. The number of amides is 1. The smallest absolute Gasteiger partial charge is 0.412 e. The summed E-state index contributed by atoms with van der Waals surface area (Å²) in [6, 6.07) is 7.57. The first-order valence-electron chi connectivity index (χ1n) is 10.4. The van der Waals surface area contributed by atoms with E-state index in [9.17, 15) is 9.90 Å². The molecule has 1 saturated heterocycles. The number of nitrogens with zero attached hydrogens (tertiary/aromatic N) is 4. The molecule has 10 nitrogen and oxygen atoms in total. The van der Waals surface area contributed by atoms with Crippen molar-refractivity contribution in [1.29, 1.82) is 0 Å². The highest BCUT2D eigenvalue weighted by atomic mass is 16.6. The molecule has 0 aliphatic carbocycles. The lowest BCUT2D eigenvalue weighted by molar-refractivity contribution is 0.138. The van der Waals surface area contributed by atoms with Gasteiger partial charge in [0.25, 0.3) is 0 Å². The highest BCUT2D eigenvalue weighted by molar-refractivity contribution is 5.87. The van der Waals surface area contributed by atoms with Gasteiger partial charge < -0.3 is 23.8 Å². The molecule has 3 aromatic rings. The summed E-state index contributed by atoms with van der Waals surface area (Å²) in [6.45, 7) is 5.18. The Balaban J connectivity index is 1.56. The lowest BCUT2D eigenvalue weighted by Gasteiger charge is -2.20. The molecule has 32 heavy (non-hydrogen) atoms. The Kier molecular flexibility index (Phi) is 6.31. The molecular formula is C22H26N4O6. The SMILES string of the molecule is COc1ccc(-c2ccnn2CCN(C(=O)O)c2c(C)noc2C)cc1O[C@@H]1CCOC1. The van der Waals surface area contributed by atoms with E-state index in [-0.39, 0.29) is 12.6 Å². The third-order valence-corrected chi connectivity index (χ3v) is 5.39. The van der Waals surface area contributed by atoms with E-state index in [1.54, 1.807) is 31.8 Å². The van der Waals surface area contributed by atoms with E-state index >= 15 is 0 Å². The second-order valence-corrected chi connectivity index (χ2v) is 7.52. The maximum Gasteiger partial charge on any atom is 0.412 e. The number of ether oxygens (including phenoxy) is 3. The van der Waals surface area contributed by atoms with Crippen molar-refractivity contribution in [3.05, 3.63) is 41.9 Å². The van der Waals surface area contributed by atoms with Crippen LogP contribution in [0.3, 0.4) is 0 Å². The fourth-order valence-corrected chi connectivity index (χ4v) is 3.83. The van der Waals surface area contributed by atoms with Crippen molar-refractivity contribution in [2.24, 2.45) is 0 Å². The van der Waals surface area contributed by atoms with Crippen LogP contribution in [0.25, 0.3) is 11.3 Å². The quantitative estimate of drug-likeness (QED) is 0.564. The fourth-order valence-electron chi connectivity index (χ4n) is 3.83. The minimum atomic E-state index is -1.08. The molecule has 0 spiro atoms. The fraction of sp³-hybridized carbons (Fsp3) is 0.409. The van der Waals surface area contributed by atoms with Gasteiger partial charge >= 0.3 is 6.09 Å². The molecule has 4 rings (SSSR count). The van der Waals surface area contributed by atoms with Crippen molar-refractivity contribution < 1.29 is 28.6 Å². The van der Waals surface area contributed by atoms with Crippen LogP contribution in [-0.4, -0.2) is 59.1 Å². The van der Waals surface area contributed by atoms with Crippen LogP contribution in [0.5, 0.6) is 11.5 Å². The first kappa shape index (κ1) is 21.7. The first-order valence-corrected chi connectivity index (χ1v) is 10.4. The summed E-state index contributed by atoms with van der Waals surface area (Å²) in [6.07, 6.45) is 1.43. The van der Waals surface area contributed by atoms with Crippen LogP contribution in [0.1, 0.15) is 17.9 Å². The molecule has 0 radical (unpaired) electrons. The van der Waals surface area contributed by atoms with Gasteiger partial charge in [0.15, 0.2) is 17.3 Å². The van der Waals surface area contributed by atoms with Gasteiger partial charge in [0.1, 0.15) is 17.5 Å². The second-order valence-electron chi connectivity index (χ2n) is 7.52. The van der Waals surface area contributed by atoms with E-state index in [2.05, 4.69) is 10.3 Å². The predicted octanol–water partition coefficient (Wildman–Crippen LogP) is 3.52. The van der Waals surface area contributed by atoms with Gasteiger partial charge in [-0.2, -0.15) is 5.10 Å². The lowest BCUT2D eigenvalue weighted by atomic mass is 10.1. The molecule has 1 aliphatic rings. The average Bonchev–Trinajstić information content (AvgIpc) is 3.52. The minimum absolute atomic E-state index is 0.0109. The molecule has 0 unspecified atom stereocenters. The number of rotatable bonds is 8. The van der Waals surface area contributed by atoms with Crippen LogP contribution in [0.15, 0.2) is 35.0 Å². The van der Waals surface area contributed by atoms with Gasteiger partial charge in [0, 0.05) is 24.7 Å². The van der Waals surface area contributed by atoms with E-state index in [4.69, 9.17) is 18.7 Å². The summed E-state index contributed by atoms with van der Waals surface area (Å²) < 4.78 is 23.8. The van der Waals surface area contributed by atoms with Gasteiger partial charge in [0.05, 0.1) is 32.6 Å². The number of methoxy groups -OCH3 is 1. The first-order chi connectivity index (χ1) is 15.5. The number of aromatic nitrogens is 3.